The number of benzene rings is 1. The average molecular weight is 247 g/mol. The fourth-order valence-electron chi connectivity index (χ4n) is 1.08. The van der Waals surface area contributed by atoms with E-state index in [1.165, 1.54) is 0 Å². The summed E-state index contributed by atoms with van der Waals surface area (Å²) in [7, 11) is 0. The van der Waals surface area contributed by atoms with Crippen LogP contribution in [-0.4, -0.2) is 19.0 Å². The lowest BCUT2D eigenvalue weighted by Gasteiger charge is -2.06. The fourth-order valence-corrected chi connectivity index (χ4v) is 1.46. The largest absolute Gasteiger partial charge is 0.352 e. The van der Waals surface area contributed by atoms with Gasteiger partial charge in [0.15, 0.2) is 0 Å². The first kappa shape index (κ1) is 12.3. The Balaban J connectivity index is 2.69. The van der Waals surface area contributed by atoms with Crippen molar-refractivity contribution in [2.75, 3.05) is 13.1 Å². The summed E-state index contributed by atoms with van der Waals surface area (Å²) in [4.78, 5) is 11.6. The molecule has 1 rings (SSSR count). The summed E-state index contributed by atoms with van der Waals surface area (Å²) in [6.45, 7) is 1.09. The van der Waals surface area contributed by atoms with Gasteiger partial charge in [0.2, 0.25) is 0 Å². The predicted octanol–water partition coefficient (Wildman–Crippen LogP) is 2.07. The van der Waals surface area contributed by atoms with Crippen molar-refractivity contribution in [1.29, 1.82) is 0 Å². The highest BCUT2D eigenvalue weighted by molar-refractivity contribution is 6.43. The summed E-state index contributed by atoms with van der Waals surface area (Å²) < 4.78 is 0. The molecule has 0 spiro atoms. The smallest absolute Gasteiger partial charge is 0.252 e. The molecule has 0 radical (unpaired) electrons. The highest BCUT2D eigenvalue weighted by Gasteiger charge is 2.11. The molecule has 5 heteroatoms. The Bertz CT molecular complexity index is 355. The number of hydrogen-bond donors (Lipinski definition) is 2. The Morgan fingerprint density at radius 2 is 2.13 bits per heavy atom. The topological polar surface area (TPSA) is 55.1 Å². The molecular formula is C10H12Cl2N2O. The minimum atomic E-state index is -0.226. The maximum Gasteiger partial charge on any atom is 0.252 e. The molecule has 3 N–H and O–H groups in total. The third-order valence-corrected chi connectivity index (χ3v) is 2.68. The van der Waals surface area contributed by atoms with E-state index in [1.54, 1.807) is 18.2 Å². The SMILES string of the molecule is NCCCNC(=O)c1cccc(Cl)c1Cl. The first-order valence-corrected chi connectivity index (χ1v) is 5.34. The minimum Gasteiger partial charge on any atom is -0.352 e. The number of rotatable bonds is 4. The first-order valence-electron chi connectivity index (χ1n) is 4.59. The molecule has 15 heavy (non-hydrogen) atoms. The average Bonchev–Trinajstić information content (AvgIpc) is 2.22. The lowest BCUT2D eigenvalue weighted by atomic mass is 10.2. The molecule has 1 aromatic rings. The molecule has 0 aromatic heterocycles. The van der Waals surface area contributed by atoms with E-state index in [2.05, 4.69) is 5.32 Å². The molecule has 0 saturated heterocycles. The molecule has 3 nitrogen and oxygen atoms in total. The van der Waals surface area contributed by atoms with E-state index in [0.29, 0.717) is 23.7 Å². The Kier molecular flexibility index (Phi) is 4.88. The zero-order valence-corrected chi connectivity index (χ0v) is 9.61. The van der Waals surface area contributed by atoms with Gasteiger partial charge >= 0.3 is 0 Å². The lowest BCUT2D eigenvalue weighted by Crippen LogP contribution is -2.26. The van der Waals surface area contributed by atoms with Crippen LogP contribution in [0.4, 0.5) is 0 Å². The predicted molar refractivity (Wildman–Crippen MR) is 62.5 cm³/mol. The van der Waals surface area contributed by atoms with E-state index in [4.69, 9.17) is 28.9 Å². The molecule has 1 amide bonds. The number of hydrogen-bond acceptors (Lipinski definition) is 2. The number of carbonyl (C=O) groups is 1. The van der Waals surface area contributed by atoms with Crippen molar-refractivity contribution in [3.63, 3.8) is 0 Å². The van der Waals surface area contributed by atoms with E-state index < -0.39 is 0 Å². The third-order valence-electron chi connectivity index (χ3n) is 1.86. The van der Waals surface area contributed by atoms with E-state index in [0.717, 1.165) is 6.42 Å². The monoisotopic (exact) mass is 246 g/mol. The van der Waals surface area contributed by atoms with Crippen LogP contribution >= 0.6 is 23.2 Å². The second-order valence-electron chi connectivity index (χ2n) is 3.00. The second-order valence-corrected chi connectivity index (χ2v) is 3.78. The lowest BCUT2D eigenvalue weighted by molar-refractivity contribution is 0.0953. The van der Waals surface area contributed by atoms with Gasteiger partial charge < -0.3 is 11.1 Å². The van der Waals surface area contributed by atoms with Gasteiger partial charge in [-0.3, -0.25) is 4.79 Å². The highest BCUT2D eigenvalue weighted by Crippen LogP contribution is 2.25. The number of nitrogens with two attached hydrogens (primary N) is 1. The minimum absolute atomic E-state index is 0.226. The van der Waals surface area contributed by atoms with Gasteiger partial charge in [-0.25, -0.2) is 0 Å². The molecule has 0 heterocycles. The standard InChI is InChI=1S/C10H12Cl2N2O/c11-8-4-1-3-7(9(8)12)10(15)14-6-2-5-13/h1,3-4H,2,5-6,13H2,(H,14,15). The van der Waals surface area contributed by atoms with Crippen LogP contribution in [-0.2, 0) is 0 Å². The molecule has 82 valence electrons. The van der Waals surface area contributed by atoms with E-state index in [9.17, 15) is 4.79 Å². The van der Waals surface area contributed by atoms with Gasteiger partial charge in [0.1, 0.15) is 0 Å². The van der Waals surface area contributed by atoms with Crippen LogP contribution in [0.2, 0.25) is 10.0 Å². The molecule has 0 atom stereocenters. The highest BCUT2D eigenvalue weighted by atomic mass is 35.5. The summed E-state index contributed by atoms with van der Waals surface area (Å²) in [5.41, 5.74) is 5.70. The number of amides is 1. The van der Waals surface area contributed by atoms with Gasteiger partial charge in [-0.1, -0.05) is 29.3 Å². The van der Waals surface area contributed by atoms with E-state index in [-0.39, 0.29) is 10.9 Å². The van der Waals surface area contributed by atoms with Gasteiger partial charge in [-0.2, -0.15) is 0 Å². The van der Waals surface area contributed by atoms with Crippen molar-refractivity contribution >= 4 is 29.1 Å². The van der Waals surface area contributed by atoms with Gasteiger partial charge in [0, 0.05) is 6.54 Å². The molecule has 1 aromatic carbocycles. The zero-order chi connectivity index (χ0) is 11.3. The Hall–Kier alpha value is -0.770. The molecule has 0 aliphatic rings. The molecule has 0 aliphatic carbocycles. The van der Waals surface area contributed by atoms with Crippen molar-refractivity contribution in [3.05, 3.63) is 33.8 Å². The van der Waals surface area contributed by atoms with E-state index in [1.807, 2.05) is 0 Å². The second kappa shape index (κ2) is 5.95. The van der Waals surface area contributed by atoms with Crippen molar-refractivity contribution in [2.45, 2.75) is 6.42 Å². The molecule has 0 fully saturated rings. The summed E-state index contributed by atoms with van der Waals surface area (Å²) >= 11 is 11.7. The van der Waals surface area contributed by atoms with E-state index >= 15 is 0 Å². The van der Waals surface area contributed by atoms with Crippen LogP contribution in [0.15, 0.2) is 18.2 Å². The number of nitrogens with one attached hydrogen (secondary N) is 1. The normalized spacial score (nSPS) is 10.1. The van der Waals surface area contributed by atoms with Gasteiger partial charge in [0.25, 0.3) is 5.91 Å². The van der Waals surface area contributed by atoms with Crippen molar-refractivity contribution in [1.82, 2.24) is 5.32 Å². The maximum absolute atomic E-state index is 11.6. The number of halogens is 2. The van der Waals surface area contributed by atoms with Crippen LogP contribution in [0.5, 0.6) is 0 Å². The molecule has 0 saturated carbocycles. The van der Waals surface area contributed by atoms with Crippen LogP contribution in [0.25, 0.3) is 0 Å². The first-order chi connectivity index (χ1) is 7.16. The molecule has 0 bridgehead atoms. The summed E-state index contributed by atoms with van der Waals surface area (Å²) in [5, 5.41) is 3.37. The Labute approximate surface area is 98.5 Å². The summed E-state index contributed by atoms with van der Waals surface area (Å²) in [5.74, 6) is -0.226. The Morgan fingerprint density at radius 1 is 1.40 bits per heavy atom. The van der Waals surface area contributed by atoms with Crippen LogP contribution < -0.4 is 11.1 Å². The molecule has 0 aliphatic heterocycles. The van der Waals surface area contributed by atoms with Crippen molar-refractivity contribution in [3.8, 4) is 0 Å². The fraction of sp³-hybridized carbons (Fsp3) is 0.300. The third kappa shape index (κ3) is 3.38. The van der Waals surface area contributed by atoms with Gasteiger partial charge in [-0.15, -0.1) is 0 Å². The Morgan fingerprint density at radius 3 is 2.80 bits per heavy atom. The van der Waals surface area contributed by atoms with Crippen LogP contribution in [0.1, 0.15) is 16.8 Å². The van der Waals surface area contributed by atoms with Crippen molar-refractivity contribution < 1.29 is 4.79 Å². The van der Waals surface area contributed by atoms with Crippen LogP contribution in [0, 0.1) is 0 Å². The zero-order valence-electron chi connectivity index (χ0n) is 8.09. The van der Waals surface area contributed by atoms with Gasteiger partial charge in [-0.05, 0) is 25.1 Å². The summed E-state index contributed by atoms with van der Waals surface area (Å²) in [6.07, 6.45) is 0.740. The quantitative estimate of drug-likeness (QED) is 0.800. The summed E-state index contributed by atoms with van der Waals surface area (Å²) in [6, 6.07) is 4.96. The molecular weight excluding hydrogens is 235 g/mol. The van der Waals surface area contributed by atoms with Gasteiger partial charge in [0.05, 0.1) is 15.6 Å². The molecule has 0 unspecified atom stereocenters. The van der Waals surface area contributed by atoms with Crippen LogP contribution in [0.3, 0.4) is 0 Å². The maximum atomic E-state index is 11.6. The van der Waals surface area contributed by atoms with Crippen molar-refractivity contribution in [2.24, 2.45) is 5.73 Å². The number of carbonyl (C=O) groups excluding carboxylic acids is 1.